The first kappa shape index (κ1) is 24.8. The lowest BCUT2D eigenvalue weighted by atomic mass is 9.92. The normalized spacial score (nSPS) is 20.8. The molecule has 2 aliphatic rings. The Balaban J connectivity index is 1.31. The van der Waals surface area contributed by atoms with Crippen LogP contribution in [0.1, 0.15) is 32.3 Å². The van der Waals surface area contributed by atoms with Crippen LogP contribution in [0.25, 0.3) is 27.5 Å². The van der Waals surface area contributed by atoms with Crippen molar-refractivity contribution < 1.29 is 4.79 Å². The monoisotopic (exact) mass is 538 g/mol. The van der Waals surface area contributed by atoms with Gasteiger partial charge in [0.15, 0.2) is 5.01 Å². The zero-order valence-corrected chi connectivity index (χ0v) is 22.3. The molecule has 1 saturated heterocycles. The summed E-state index contributed by atoms with van der Waals surface area (Å²) in [4.78, 5) is 18.7. The molecule has 2 fully saturated rings. The van der Waals surface area contributed by atoms with E-state index in [1.54, 1.807) is 30.6 Å². The molecule has 196 valence electrons. The van der Waals surface area contributed by atoms with Crippen LogP contribution in [0, 0.1) is 34.5 Å². The molecule has 2 bridgehead atoms. The predicted octanol–water partition coefficient (Wildman–Crippen LogP) is 3.46. The topological polar surface area (TPSA) is 148 Å². The number of pyridine rings is 1. The molecule has 6 rings (SSSR count). The Bertz CT molecular complexity index is 1630. The Hall–Kier alpha value is -4.55. The highest BCUT2D eigenvalue weighted by Crippen LogP contribution is 2.41. The van der Waals surface area contributed by atoms with Crippen molar-refractivity contribution in [3.8, 4) is 34.1 Å². The second kappa shape index (κ2) is 9.97. The average Bonchev–Trinajstić information content (AvgIpc) is 3.64. The van der Waals surface area contributed by atoms with E-state index in [1.807, 2.05) is 18.2 Å². The van der Waals surface area contributed by atoms with Crippen molar-refractivity contribution in [2.75, 3.05) is 23.3 Å². The van der Waals surface area contributed by atoms with Gasteiger partial charge in [-0.3, -0.25) is 9.78 Å². The highest BCUT2D eigenvalue weighted by Gasteiger charge is 2.43. The summed E-state index contributed by atoms with van der Waals surface area (Å²) in [7, 11) is 0. The second-order valence-corrected chi connectivity index (χ2v) is 11.1. The van der Waals surface area contributed by atoms with Gasteiger partial charge in [0.25, 0.3) is 0 Å². The van der Waals surface area contributed by atoms with E-state index in [2.05, 4.69) is 43.0 Å². The summed E-state index contributed by atoms with van der Waals surface area (Å²) >= 11 is 1.50. The Morgan fingerprint density at radius 2 is 1.95 bits per heavy atom. The highest BCUT2D eigenvalue weighted by atomic mass is 32.1. The number of hydrogen-bond donors (Lipinski definition) is 2. The van der Waals surface area contributed by atoms with Crippen molar-refractivity contribution >= 4 is 33.6 Å². The number of rotatable bonds is 6. The molecule has 1 aliphatic heterocycles. The van der Waals surface area contributed by atoms with Crippen LogP contribution in [0.3, 0.4) is 0 Å². The Kier molecular flexibility index (Phi) is 6.33. The molecule has 11 nitrogen and oxygen atoms in total. The van der Waals surface area contributed by atoms with Gasteiger partial charge in [-0.05, 0) is 55.9 Å². The smallest absolute Gasteiger partial charge is 0.217 e. The maximum atomic E-state index is 11.7. The summed E-state index contributed by atoms with van der Waals surface area (Å²) < 4.78 is 1.74. The van der Waals surface area contributed by atoms with Crippen LogP contribution in [-0.2, 0) is 4.79 Å². The van der Waals surface area contributed by atoms with E-state index in [-0.39, 0.29) is 11.9 Å². The molecule has 39 heavy (non-hydrogen) atoms. The summed E-state index contributed by atoms with van der Waals surface area (Å²) in [6.45, 7) is 5.06. The number of nitrogens with one attached hydrogen (secondary N) is 2. The van der Waals surface area contributed by atoms with E-state index < -0.39 is 6.04 Å². The molecule has 12 heteroatoms. The van der Waals surface area contributed by atoms with Gasteiger partial charge in [-0.15, -0.1) is 10.2 Å². The van der Waals surface area contributed by atoms with Crippen LogP contribution in [0.15, 0.2) is 36.7 Å². The minimum Gasteiger partial charge on any atom is -0.369 e. The third-order valence-corrected chi connectivity index (χ3v) is 8.50. The lowest BCUT2D eigenvalue weighted by molar-refractivity contribution is -0.120. The number of nitrogens with zero attached hydrogens (tertiary/aromatic N) is 8. The molecule has 4 aromatic heterocycles. The number of fused-ring (bicyclic) bond motifs is 3. The maximum Gasteiger partial charge on any atom is 0.217 e. The zero-order valence-electron chi connectivity index (χ0n) is 21.5. The summed E-state index contributed by atoms with van der Waals surface area (Å²) in [5.41, 5.74) is 4.21. The SMILES string of the molecule is CC(=O)N[C@@H]1[C@@H]2CC[C@H]1CN(c1nnc(-c3cnc(-c4ccc5cc(C#N)cnn45)cc3N[C@H](C)C#N)s1)C2. The minimum atomic E-state index is -0.435. The number of aromatic nitrogens is 5. The van der Waals surface area contributed by atoms with Crippen LogP contribution >= 0.6 is 11.3 Å². The zero-order chi connectivity index (χ0) is 27.1. The first-order chi connectivity index (χ1) is 18.9. The first-order valence-corrected chi connectivity index (χ1v) is 13.7. The standard InChI is InChI=1S/C27H26N10OS/c1-15(9-28)32-22-8-23(24-6-5-20-7-17(10-29)11-31-37(20)24)30-12-21(22)26-34-35-27(39-26)36-13-18-3-4-19(14-36)25(18)33-16(2)38/h5-8,11-12,15,18-19,25H,3-4,13-14H2,1-2H3,(H,30,32)(H,33,38)/t15-,18-,19+,25-/m1/s1. The highest BCUT2D eigenvalue weighted by molar-refractivity contribution is 7.18. The van der Waals surface area contributed by atoms with Crippen molar-refractivity contribution in [2.24, 2.45) is 11.8 Å². The number of carbonyl (C=O) groups excluding carboxylic acids is 1. The maximum absolute atomic E-state index is 11.7. The van der Waals surface area contributed by atoms with Crippen LogP contribution in [0.5, 0.6) is 0 Å². The molecule has 1 saturated carbocycles. The summed E-state index contributed by atoms with van der Waals surface area (Å²) in [5.74, 6) is 0.843. The van der Waals surface area contributed by atoms with Crippen LogP contribution in [0.4, 0.5) is 10.8 Å². The molecular formula is C27H26N10OS. The van der Waals surface area contributed by atoms with Gasteiger partial charge in [0.2, 0.25) is 11.0 Å². The van der Waals surface area contributed by atoms with Crippen molar-refractivity contribution in [2.45, 2.75) is 38.8 Å². The fraction of sp³-hybridized carbons (Fsp3) is 0.370. The number of nitriles is 2. The average molecular weight is 539 g/mol. The van der Waals surface area contributed by atoms with E-state index in [4.69, 9.17) is 4.98 Å². The van der Waals surface area contributed by atoms with E-state index in [9.17, 15) is 15.3 Å². The Morgan fingerprint density at radius 1 is 1.15 bits per heavy atom. The predicted molar refractivity (Wildman–Crippen MR) is 147 cm³/mol. The van der Waals surface area contributed by atoms with Gasteiger partial charge >= 0.3 is 0 Å². The van der Waals surface area contributed by atoms with Gasteiger partial charge in [0.1, 0.15) is 12.1 Å². The van der Waals surface area contributed by atoms with Crippen molar-refractivity contribution in [3.63, 3.8) is 0 Å². The third kappa shape index (κ3) is 4.64. The number of hydrogen-bond acceptors (Lipinski definition) is 10. The molecule has 5 heterocycles. The van der Waals surface area contributed by atoms with Crippen molar-refractivity contribution in [1.82, 2.24) is 30.1 Å². The Labute approximate surface area is 229 Å². The third-order valence-electron chi connectivity index (χ3n) is 7.48. The van der Waals surface area contributed by atoms with Gasteiger partial charge in [-0.1, -0.05) is 11.3 Å². The number of anilines is 2. The van der Waals surface area contributed by atoms with Crippen molar-refractivity contribution in [1.29, 1.82) is 10.5 Å². The summed E-state index contributed by atoms with van der Waals surface area (Å²) in [5, 5.41) is 40.1. The summed E-state index contributed by atoms with van der Waals surface area (Å²) in [6, 6.07) is 11.6. The van der Waals surface area contributed by atoms with E-state index in [0.29, 0.717) is 28.1 Å². The molecule has 0 radical (unpaired) electrons. The quantitative estimate of drug-likeness (QED) is 0.376. The molecule has 1 aliphatic carbocycles. The molecule has 0 aromatic carbocycles. The lowest BCUT2D eigenvalue weighted by Gasteiger charge is -2.37. The molecule has 0 spiro atoms. The van der Waals surface area contributed by atoms with Gasteiger partial charge in [-0.25, -0.2) is 4.52 Å². The fourth-order valence-electron chi connectivity index (χ4n) is 5.71. The van der Waals surface area contributed by atoms with Crippen LogP contribution in [0.2, 0.25) is 0 Å². The van der Waals surface area contributed by atoms with E-state index >= 15 is 0 Å². The molecule has 1 amide bonds. The molecule has 0 unspecified atom stereocenters. The van der Waals surface area contributed by atoms with Crippen LogP contribution < -0.4 is 15.5 Å². The molecule has 4 aromatic rings. The largest absolute Gasteiger partial charge is 0.369 e. The summed E-state index contributed by atoms with van der Waals surface area (Å²) in [6.07, 6.45) is 5.48. The molecule has 4 atom stereocenters. The molecular weight excluding hydrogens is 512 g/mol. The first-order valence-electron chi connectivity index (χ1n) is 12.8. The minimum absolute atomic E-state index is 0.0296. The fourth-order valence-corrected chi connectivity index (χ4v) is 6.59. The Morgan fingerprint density at radius 3 is 2.67 bits per heavy atom. The number of amides is 1. The van der Waals surface area contributed by atoms with Gasteiger partial charge < -0.3 is 15.5 Å². The van der Waals surface area contributed by atoms with Gasteiger partial charge in [0.05, 0.1) is 40.3 Å². The van der Waals surface area contributed by atoms with E-state index in [1.165, 1.54) is 17.5 Å². The lowest BCUT2D eigenvalue weighted by Crippen LogP contribution is -2.52. The molecule has 2 N–H and O–H groups in total. The van der Waals surface area contributed by atoms with E-state index in [0.717, 1.165) is 53.5 Å². The number of carbonyl (C=O) groups is 1. The number of piperidine rings is 1. The second-order valence-electron chi connectivity index (χ2n) is 10.1. The van der Waals surface area contributed by atoms with Gasteiger partial charge in [-0.2, -0.15) is 15.6 Å². The van der Waals surface area contributed by atoms with Crippen LogP contribution in [-0.4, -0.2) is 55.9 Å². The van der Waals surface area contributed by atoms with Crippen molar-refractivity contribution in [3.05, 3.63) is 42.2 Å². The van der Waals surface area contributed by atoms with Gasteiger partial charge in [0, 0.05) is 37.9 Å².